The number of carbonyl (C=O) groups is 2. The Labute approximate surface area is 140 Å². The molecule has 0 bridgehead atoms. The molecular weight excluding hydrogens is 310 g/mol. The van der Waals surface area contributed by atoms with Gasteiger partial charge < -0.3 is 10.1 Å². The zero-order valence-corrected chi connectivity index (χ0v) is 14.1. The molecule has 0 aliphatic rings. The van der Waals surface area contributed by atoms with E-state index in [1.54, 1.807) is 24.4 Å². The lowest BCUT2D eigenvalue weighted by Gasteiger charge is -2.21. The first-order valence-corrected chi connectivity index (χ1v) is 8.59. The van der Waals surface area contributed by atoms with Gasteiger partial charge in [0.05, 0.1) is 6.04 Å². The van der Waals surface area contributed by atoms with E-state index in [1.165, 1.54) is 11.3 Å². The minimum Gasteiger partial charge on any atom is -0.448 e. The van der Waals surface area contributed by atoms with Gasteiger partial charge >= 0.3 is 5.97 Å². The van der Waals surface area contributed by atoms with Gasteiger partial charge in [0, 0.05) is 0 Å². The number of thiophene rings is 1. The summed E-state index contributed by atoms with van der Waals surface area (Å²) in [5.41, 5.74) is 1.06. The number of hydrogen-bond acceptors (Lipinski definition) is 4. The van der Waals surface area contributed by atoms with Crippen LogP contribution < -0.4 is 5.32 Å². The van der Waals surface area contributed by atoms with Crippen LogP contribution in [0, 0.1) is 0 Å². The molecule has 0 spiro atoms. The van der Waals surface area contributed by atoms with Gasteiger partial charge in [0.2, 0.25) is 0 Å². The first-order chi connectivity index (χ1) is 11.1. The Morgan fingerprint density at radius 2 is 1.91 bits per heavy atom. The van der Waals surface area contributed by atoms with Crippen LogP contribution in [0.15, 0.2) is 47.8 Å². The predicted octanol–water partition coefficient (Wildman–Crippen LogP) is 3.95. The number of nitrogens with one attached hydrogen (secondary N) is 1. The molecular formula is C18H21NO3S. The van der Waals surface area contributed by atoms with Crippen LogP contribution in [0.2, 0.25) is 0 Å². The van der Waals surface area contributed by atoms with E-state index >= 15 is 0 Å². The van der Waals surface area contributed by atoms with Gasteiger partial charge in [-0.25, -0.2) is 4.79 Å². The fourth-order valence-corrected chi connectivity index (χ4v) is 2.86. The van der Waals surface area contributed by atoms with Crippen molar-refractivity contribution >= 4 is 23.2 Å². The molecule has 0 saturated heterocycles. The van der Waals surface area contributed by atoms with Gasteiger partial charge in [-0.1, -0.05) is 49.7 Å². The average molecular weight is 331 g/mol. The van der Waals surface area contributed by atoms with Crippen molar-refractivity contribution < 1.29 is 14.3 Å². The summed E-state index contributed by atoms with van der Waals surface area (Å²) >= 11 is 1.30. The van der Waals surface area contributed by atoms with E-state index in [-0.39, 0.29) is 11.9 Å². The van der Waals surface area contributed by atoms with Crippen LogP contribution in [-0.4, -0.2) is 18.0 Å². The van der Waals surface area contributed by atoms with Crippen LogP contribution >= 0.6 is 11.3 Å². The first kappa shape index (κ1) is 17.2. The molecule has 2 aromatic rings. The van der Waals surface area contributed by atoms with E-state index in [0.717, 1.165) is 18.4 Å². The molecule has 0 aliphatic carbocycles. The summed E-state index contributed by atoms with van der Waals surface area (Å²) in [6.45, 7) is 3.66. The summed E-state index contributed by atoms with van der Waals surface area (Å²) in [4.78, 5) is 24.7. The van der Waals surface area contributed by atoms with Gasteiger partial charge in [-0.15, -0.1) is 11.3 Å². The topological polar surface area (TPSA) is 55.4 Å². The van der Waals surface area contributed by atoms with Crippen LogP contribution in [0.25, 0.3) is 0 Å². The maximum Gasteiger partial charge on any atom is 0.349 e. The quantitative estimate of drug-likeness (QED) is 0.782. The molecule has 1 amide bonds. The zero-order valence-electron chi connectivity index (χ0n) is 13.3. The second-order valence-corrected chi connectivity index (χ2v) is 6.23. The van der Waals surface area contributed by atoms with Crippen molar-refractivity contribution in [2.75, 3.05) is 0 Å². The standard InChI is InChI=1S/C18H21NO3S/c1-3-8-15(14-9-5-4-6-10-14)19-17(20)13(2)22-18(21)16-11-7-12-23-16/h4-7,9-13,15H,3,8H2,1-2H3,(H,19,20). The minimum atomic E-state index is -0.826. The van der Waals surface area contributed by atoms with Crippen molar-refractivity contribution in [3.8, 4) is 0 Å². The number of benzene rings is 1. The molecule has 1 N–H and O–H groups in total. The fraction of sp³-hybridized carbons (Fsp3) is 0.333. The first-order valence-electron chi connectivity index (χ1n) is 7.71. The van der Waals surface area contributed by atoms with Crippen LogP contribution in [0.4, 0.5) is 0 Å². The van der Waals surface area contributed by atoms with Crippen molar-refractivity contribution in [3.05, 3.63) is 58.3 Å². The Balaban J connectivity index is 1.96. The Bertz CT molecular complexity index is 625. The molecule has 122 valence electrons. The van der Waals surface area contributed by atoms with Crippen LogP contribution in [0.5, 0.6) is 0 Å². The van der Waals surface area contributed by atoms with E-state index in [4.69, 9.17) is 4.74 Å². The Hall–Kier alpha value is -2.14. The van der Waals surface area contributed by atoms with E-state index in [9.17, 15) is 9.59 Å². The highest BCUT2D eigenvalue weighted by atomic mass is 32.1. The molecule has 1 aromatic carbocycles. The van der Waals surface area contributed by atoms with Gasteiger partial charge in [-0.2, -0.15) is 0 Å². The summed E-state index contributed by atoms with van der Waals surface area (Å²) in [6, 6.07) is 13.2. The monoisotopic (exact) mass is 331 g/mol. The van der Waals surface area contributed by atoms with Crippen LogP contribution in [0.1, 0.15) is 48.0 Å². The molecule has 23 heavy (non-hydrogen) atoms. The highest BCUT2D eigenvalue weighted by Crippen LogP contribution is 2.19. The van der Waals surface area contributed by atoms with E-state index < -0.39 is 12.1 Å². The summed E-state index contributed by atoms with van der Waals surface area (Å²) in [5, 5.41) is 4.77. The number of rotatable bonds is 7. The Morgan fingerprint density at radius 1 is 1.17 bits per heavy atom. The van der Waals surface area contributed by atoms with Gasteiger partial charge in [0.25, 0.3) is 5.91 Å². The SMILES string of the molecule is CCCC(NC(=O)C(C)OC(=O)c1cccs1)c1ccccc1. The molecule has 0 radical (unpaired) electrons. The third kappa shape index (κ3) is 4.93. The lowest BCUT2D eigenvalue weighted by molar-refractivity contribution is -0.129. The zero-order chi connectivity index (χ0) is 16.7. The molecule has 5 heteroatoms. The molecule has 4 nitrogen and oxygen atoms in total. The van der Waals surface area contributed by atoms with Crippen molar-refractivity contribution in [1.82, 2.24) is 5.32 Å². The van der Waals surface area contributed by atoms with E-state index in [2.05, 4.69) is 12.2 Å². The number of amides is 1. The predicted molar refractivity (Wildman–Crippen MR) is 91.4 cm³/mol. The van der Waals surface area contributed by atoms with Gasteiger partial charge in [0.1, 0.15) is 4.88 Å². The third-order valence-corrected chi connectivity index (χ3v) is 4.32. The molecule has 0 aliphatic heterocycles. The number of ether oxygens (including phenoxy) is 1. The molecule has 0 saturated carbocycles. The largest absolute Gasteiger partial charge is 0.448 e. The molecule has 1 heterocycles. The summed E-state index contributed by atoms with van der Waals surface area (Å²) in [7, 11) is 0. The molecule has 1 aromatic heterocycles. The van der Waals surface area contributed by atoms with Crippen molar-refractivity contribution in [1.29, 1.82) is 0 Å². The van der Waals surface area contributed by atoms with Crippen molar-refractivity contribution in [3.63, 3.8) is 0 Å². The Morgan fingerprint density at radius 3 is 2.52 bits per heavy atom. The smallest absolute Gasteiger partial charge is 0.349 e. The summed E-state index contributed by atoms with van der Waals surface area (Å²) in [5.74, 6) is -0.744. The van der Waals surface area contributed by atoms with Gasteiger partial charge in [0.15, 0.2) is 6.10 Å². The van der Waals surface area contributed by atoms with Crippen molar-refractivity contribution in [2.45, 2.75) is 38.8 Å². The van der Waals surface area contributed by atoms with Gasteiger partial charge in [-0.05, 0) is 30.4 Å². The fourth-order valence-electron chi connectivity index (χ4n) is 2.25. The molecule has 0 fully saturated rings. The minimum absolute atomic E-state index is 0.0726. The number of esters is 1. The van der Waals surface area contributed by atoms with Crippen LogP contribution in [-0.2, 0) is 9.53 Å². The average Bonchev–Trinajstić information content (AvgIpc) is 3.09. The van der Waals surface area contributed by atoms with Gasteiger partial charge in [-0.3, -0.25) is 4.79 Å². The highest BCUT2D eigenvalue weighted by Gasteiger charge is 2.22. The molecule has 2 rings (SSSR count). The normalized spacial score (nSPS) is 13.1. The summed E-state index contributed by atoms with van der Waals surface area (Å²) in [6.07, 6.45) is 0.956. The second-order valence-electron chi connectivity index (χ2n) is 5.29. The second kappa shape index (κ2) is 8.48. The van der Waals surface area contributed by atoms with Crippen molar-refractivity contribution in [2.24, 2.45) is 0 Å². The molecule has 2 atom stereocenters. The highest BCUT2D eigenvalue weighted by molar-refractivity contribution is 7.11. The maximum atomic E-state index is 12.3. The third-order valence-electron chi connectivity index (χ3n) is 3.47. The lowest BCUT2D eigenvalue weighted by atomic mass is 10.0. The Kier molecular flexibility index (Phi) is 6.35. The summed E-state index contributed by atoms with van der Waals surface area (Å²) < 4.78 is 5.23. The lowest BCUT2D eigenvalue weighted by Crippen LogP contribution is -2.38. The van der Waals surface area contributed by atoms with Crippen LogP contribution in [0.3, 0.4) is 0 Å². The van der Waals surface area contributed by atoms with E-state index in [1.807, 2.05) is 30.3 Å². The number of hydrogen-bond donors (Lipinski definition) is 1. The maximum absolute atomic E-state index is 12.3. The number of carbonyl (C=O) groups excluding carboxylic acids is 2. The molecule has 2 unspecified atom stereocenters. The van der Waals surface area contributed by atoms with E-state index in [0.29, 0.717) is 4.88 Å².